The van der Waals surface area contributed by atoms with Crippen molar-refractivity contribution in [3.8, 4) is 5.75 Å². The molecule has 0 saturated carbocycles. The van der Waals surface area contributed by atoms with Crippen molar-refractivity contribution in [1.29, 1.82) is 0 Å². The van der Waals surface area contributed by atoms with Crippen LogP contribution in [0.15, 0.2) is 36.4 Å². The zero-order valence-electron chi connectivity index (χ0n) is 16.5. The van der Waals surface area contributed by atoms with Gasteiger partial charge in [0.1, 0.15) is 17.3 Å². The lowest BCUT2D eigenvalue weighted by molar-refractivity contribution is -0.162. The summed E-state index contributed by atoms with van der Waals surface area (Å²) < 4.78 is 33.0. The molecule has 0 spiro atoms. The fourth-order valence-electron chi connectivity index (χ4n) is 3.35. The molecular formula is C22H23F2NO4. The van der Waals surface area contributed by atoms with Gasteiger partial charge in [0.25, 0.3) is 0 Å². The van der Waals surface area contributed by atoms with Gasteiger partial charge >= 0.3 is 5.97 Å². The van der Waals surface area contributed by atoms with Crippen LogP contribution in [0, 0.1) is 17.6 Å². The Morgan fingerprint density at radius 2 is 1.97 bits per heavy atom. The number of aryl methyl sites for hydroxylation is 1. The molecule has 2 aromatic carbocycles. The average molecular weight is 403 g/mol. The molecule has 2 aromatic rings. The van der Waals surface area contributed by atoms with Gasteiger partial charge in [-0.3, -0.25) is 9.59 Å². The van der Waals surface area contributed by atoms with Gasteiger partial charge in [0, 0.05) is 6.07 Å². The van der Waals surface area contributed by atoms with E-state index in [1.807, 2.05) is 0 Å². The lowest BCUT2D eigenvalue weighted by atomic mass is 10.00. The predicted octanol–water partition coefficient (Wildman–Crippen LogP) is 4.11. The quantitative estimate of drug-likeness (QED) is 0.619. The molecule has 0 saturated heterocycles. The van der Waals surface area contributed by atoms with Crippen LogP contribution in [0.25, 0.3) is 0 Å². The van der Waals surface area contributed by atoms with Crippen molar-refractivity contribution in [3.05, 3.63) is 59.2 Å². The van der Waals surface area contributed by atoms with Crippen LogP contribution in [-0.2, 0) is 27.3 Å². The number of halogens is 2. The van der Waals surface area contributed by atoms with Gasteiger partial charge in [-0.05, 0) is 62.9 Å². The number of ether oxygens (including phenoxy) is 1. The van der Waals surface area contributed by atoms with Crippen molar-refractivity contribution in [3.63, 3.8) is 0 Å². The molecule has 0 aliphatic carbocycles. The largest absolute Gasteiger partial charge is 0.505 e. The van der Waals surface area contributed by atoms with Crippen molar-refractivity contribution >= 4 is 17.6 Å². The Balaban J connectivity index is 2.03. The van der Waals surface area contributed by atoms with Crippen LogP contribution in [0.3, 0.4) is 0 Å². The number of amides is 1. The number of benzene rings is 2. The average Bonchev–Trinajstić information content (AvgIpc) is 2.72. The molecule has 0 bridgehead atoms. The molecule has 0 fully saturated rings. The summed E-state index contributed by atoms with van der Waals surface area (Å²) >= 11 is 0. The minimum Gasteiger partial charge on any atom is -0.505 e. The van der Waals surface area contributed by atoms with Gasteiger partial charge in [-0.2, -0.15) is 0 Å². The number of carbonyl (C=O) groups excluding carboxylic acids is 2. The summed E-state index contributed by atoms with van der Waals surface area (Å²) in [5, 5.41) is 9.84. The first kappa shape index (κ1) is 20.8. The number of anilines is 1. The fraction of sp³-hybridized carbons (Fsp3) is 0.364. The number of hydrogen-bond acceptors (Lipinski definition) is 4. The number of rotatable bonds is 3. The summed E-state index contributed by atoms with van der Waals surface area (Å²) in [7, 11) is 0. The van der Waals surface area contributed by atoms with E-state index in [1.165, 1.54) is 29.2 Å². The molecule has 7 heteroatoms. The Morgan fingerprint density at radius 1 is 1.24 bits per heavy atom. The zero-order chi connectivity index (χ0) is 21.3. The highest BCUT2D eigenvalue weighted by molar-refractivity contribution is 6.07. The lowest BCUT2D eigenvalue weighted by Crippen LogP contribution is -2.41. The molecule has 0 radical (unpaired) electrons. The van der Waals surface area contributed by atoms with Crippen molar-refractivity contribution < 1.29 is 28.2 Å². The third kappa shape index (κ3) is 4.72. The van der Waals surface area contributed by atoms with E-state index in [2.05, 4.69) is 0 Å². The minimum atomic E-state index is -1.08. The first-order valence-corrected chi connectivity index (χ1v) is 9.35. The summed E-state index contributed by atoms with van der Waals surface area (Å²) in [6.45, 7) is 5.09. The number of phenolic OH excluding ortho intramolecular Hbond substituents is 1. The van der Waals surface area contributed by atoms with Gasteiger partial charge in [-0.25, -0.2) is 8.78 Å². The molecule has 1 heterocycles. The third-order valence-corrected chi connectivity index (χ3v) is 4.63. The van der Waals surface area contributed by atoms with Crippen molar-refractivity contribution in [2.45, 2.75) is 45.8 Å². The highest BCUT2D eigenvalue weighted by Crippen LogP contribution is 2.35. The first-order valence-electron chi connectivity index (χ1n) is 9.35. The van der Waals surface area contributed by atoms with E-state index in [0.717, 1.165) is 6.07 Å². The molecule has 1 aliphatic heterocycles. The van der Waals surface area contributed by atoms with E-state index >= 15 is 0 Å². The number of aromatic hydroxyl groups is 1. The smallest absolute Gasteiger partial charge is 0.319 e. The Bertz CT molecular complexity index is 952. The number of hydrogen-bond donors (Lipinski definition) is 1. The Morgan fingerprint density at radius 3 is 2.62 bits per heavy atom. The van der Waals surface area contributed by atoms with Gasteiger partial charge in [0.2, 0.25) is 5.91 Å². The van der Waals surface area contributed by atoms with E-state index < -0.39 is 40.8 Å². The highest BCUT2D eigenvalue weighted by Gasteiger charge is 2.38. The Labute approximate surface area is 167 Å². The normalized spacial score (nSPS) is 16.9. The van der Waals surface area contributed by atoms with Crippen LogP contribution in [0.1, 0.15) is 38.3 Å². The lowest BCUT2D eigenvalue weighted by Gasteiger charge is -2.27. The van der Waals surface area contributed by atoms with Crippen LogP contribution in [0.4, 0.5) is 14.5 Å². The number of carbonyl (C=O) groups is 2. The third-order valence-electron chi connectivity index (χ3n) is 4.63. The molecular weight excluding hydrogens is 380 g/mol. The summed E-state index contributed by atoms with van der Waals surface area (Å²) in [6.07, 6.45) is 0.395. The molecule has 1 aliphatic rings. The van der Waals surface area contributed by atoms with Gasteiger partial charge in [0.15, 0.2) is 11.6 Å². The monoisotopic (exact) mass is 403 g/mol. The standard InChI is InChI=1S/C22H23F2NO4/c1-22(2,3)29-21(28)16-8-7-14-10-17(24)19(26)11-18(14)25(20(16)27)12-13-5-4-6-15(23)9-13/h4-6,9-11,16,26H,7-8,12H2,1-3H3. The van der Waals surface area contributed by atoms with E-state index in [9.17, 15) is 23.5 Å². The summed E-state index contributed by atoms with van der Waals surface area (Å²) in [5.74, 6) is -4.15. The van der Waals surface area contributed by atoms with E-state index in [-0.39, 0.29) is 19.4 Å². The maximum Gasteiger partial charge on any atom is 0.319 e. The zero-order valence-corrected chi connectivity index (χ0v) is 16.5. The van der Waals surface area contributed by atoms with Crippen LogP contribution in [0.2, 0.25) is 0 Å². The number of esters is 1. The predicted molar refractivity (Wildman–Crippen MR) is 103 cm³/mol. The Kier molecular flexibility index (Phi) is 5.59. The van der Waals surface area contributed by atoms with E-state index in [1.54, 1.807) is 26.8 Å². The molecule has 29 heavy (non-hydrogen) atoms. The summed E-state index contributed by atoms with van der Waals surface area (Å²) in [6, 6.07) is 8.05. The summed E-state index contributed by atoms with van der Waals surface area (Å²) in [5.41, 5.74) is 0.507. The molecule has 3 rings (SSSR count). The van der Waals surface area contributed by atoms with Crippen molar-refractivity contribution in [2.75, 3.05) is 4.90 Å². The Hall–Kier alpha value is -2.96. The van der Waals surface area contributed by atoms with Gasteiger partial charge < -0.3 is 14.7 Å². The minimum absolute atomic E-state index is 0.0338. The van der Waals surface area contributed by atoms with Crippen molar-refractivity contribution in [2.24, 2.45) is 5.92 Å². The number of fused-ring (bicyclic) bond motifs is 1. The molecule has 1 N–H and O–H groups in total. The maximum atomic E-state index is 13.9. The molecule has 1 unspecified atom stereocenters. The second-order valence-corrected chi connectivity index (χ2v) is 8.11. The topological polar surface area (TPSA) is 66.8 Å². The second kappa shape index (κ2) is 7.81. The van der Waals surface area contributed by atoms with Crippen LogP contribution in [-0.4, -0.2) is 22.6 Å². The number of phenols is 1. The SMILES string of the molecule is CC(C)(C)OC(=O)C1CCc2cc(F)c(O)cc2N(Cc2cccc(F)c2)C1=O. The molecule has 1 atom stereocenters. The molecule has 0 aromatic heterocycles. The fourth-order valence-corrected chi connectivity index (χ4v) is 3.35. The van der Waals surface area contributed by atoms with E-state index in [4.69, 9.17) is 4.74 Å². The highest BCUT2D eigenvalue weighted by atomic mass is 19.1. The van der Waals surface area contributed by atoms with E-state index in [0.29, 0.717) is 16.8 Å². The molecule has 1 amide bonds. The van der Waals surface area contributed by atoms with Gasteiger partial charge in [0.05, 0.1) is 12.2 Å². The van der Waals surface area contributed by atoms with Gasteiger partial charge in [-0.1, -0.05) is 12.1 Å². The maximum absolute atomic E-state index is 13.9. The first-order chi connectivity index (χ1) is 13.5. The molecule has 5 nitrogen and oxygen atoms in total. The second-order valence-electron chi connectivity index (χ2n) is 8.11. The van der Waals surface area contributed by atoms with Crippen LogP contribution >= 0.6 is 0 Å². The molecule has 154 valence electrons. The van der Waals surface area contributed by atoms with Gasteiger partial charge in [-0.15, -0.1) is 0 Å². The van der Waals surface area contributed by atoms with Crippen LogP contribution < -0.4 is 4.90 Å². The van der Waals surface area contributed by atoms with Crippen LogP contribution in [0.5, 0.6) is 5.75 Å². The van der Waals surface area contributed by atoms with Crippen molar-refractivity contribution in [1.82, 2.24) is 0 Å². The summed E-state index contributed by atoms with van der Waals surface area (Å²) in [4.78, 5) is 27.2. The number of nitrogens with zero attached hydrogens (tertiary/aromatic N) is 1.